The van der Waals surface area contributed by atoms with E-state index in [0.717, 1.165) is 36.1 Å². The molecule has 24 heavy (non-hydrogen) atoms. The first-order valence-electron chi connectivity index (χ1n) is 7.96. The van der Waals surface area contributed by atoms with Gasteiger partial charge in [0.25, 0.3) is 0 Å². The quantitative estimate of drug-likeness (QED) is 0.548. The molecule has 2 aliphatic heterocycles. The minimum absolute atomic E-state index is 0.258. The summed E-state index contributed by atoms with van der Waals surface area (Å²) < 4.78 is 21.4. The molecule has 0 aliphatic carbocycles. The fourth-order valence-electron chi connectivity index (χ4n) is 2.04. The van der Waals surface area contributed by atoms with E-state index in [-0.39, 0.29) is 12.2 Å². The summed E-state index contributed by atoms with van der Waals surface area (Å²) in [5.74, 6) is 1.62. The van der Waals surface area contributed by atoms with Crippen LogP contribution >= 0.6 is 0 Å². The van der Waals surface area contributed by atoms with Crippen LogP contribution in [-0.4, -0.2) is 38.6 Å². The Morgan fingerprint density at radius 1 is 0.708 bits per heavy atom. The van der Waals surface area contributed by atoms with E-state index in [1.807, 2.05) is 48.5 Å². The molecule has 2 unspecified atom stereocenters. The van der Waals surface area contributed by atoms with Gasteiger partial charge in [-0.2, -0.15) is 10.2 Å². The molecule has 2 saturated heterocycles. The monoisotopic (exact) mass is 326 g/mol. The smallest absolute Gasteiger partial charge is 0.119 e. The first-order valence-corrected chi connectivity index (χ1v) is 7.96. The van der Waals surface area contributed by atoms with Crippen molar-refractivity contribution in [3.05, 3.63) is 48.5 Å². The second kappa shape index (κ2) is 6.98. The third-order valence-electron chi connectivity index (χ3n) is 3.63. The van der Waals surface area contributed by atoms with Gasteiger partial charge in [-0.15, -0.1) is 0 Å². The number of rotatable bonds is 8. The number of epoxide rings is 2. The molecule has 124 valence electrons. The lowest BCUT2D eigenvalue weighted by atomic mass is 10.3. The van der Waals surface area contributed by atoms with Crippen LogP contribution in [0.25, 0.3) is 0 Å². The highest BCUT2D eigenvalue weighted by Gasteiger charge is 2.23. The van der Waals surface area contributed by atoms with Gasteiger partial charge in [0.15, 0.2) is 0 Å². The Balaban J connectivity index is 1.29. The molecule has 6 heteroatoms. The molecule has 0 N–H and O–H groups in total. The fourth-order valence-corrected chi connectivity index (χ4v) is 2.04. The average Bonchev–Trinajstić information content (AvgIpc) is 3.53. The number of nitrogens with zero attached hydrogens (tertiary/aromatic N) is 2. The number of ether oxygens (including phenoxy) is 4. The van der Waals surface area contributed by atoms with E-state index in [4.69, 9.17) is 18.9 Å². The maximum Gasteiger partial charge on any atom is 0.119 e. The summed E-state index contributed by atoms with van der Waals surface area (Å²) in [4.78, 5) is 0. The van der Waals surface area contributed by atoms with Crippen molar-refractivity contribution in [2.24, 2.45) is 10.2 Å². The minimum Gasteiger partial charge on any atom is -0.491 e. The normalized spacial score (nSPS) is 21.7. The topological polar surface area (TPSA) is 68.2 Å². The molecule has 0 radical (unpaired) electrons. The van der Waals surface area contributed by atoms with Crippen LogP contribution in [0.3, 0.4) is 0 Å². The SMILES string of the molecule is c1cc(OCC2CO2)ccc1/N=N/c1ccc(OCC2CO2)cc1. The first-order chi connectivity index (χ1) is 11.8. The van der Waals surface area contributed by atoms with E-state index in [9.17, 15) is 0 Å². The fraction of sp³-hybridized carbons (Fsp3) is 0.333. The summed E-state index contributed by atoms with van der Waals surface area (Å²) in [7, 11) is 0. The van der Waals surface area contributed by atoms with Crippen molar-refractivity contribution >= 4 is 11.4 Å². The molecule has 0 bridgehead atoms. The van der Waals surface area contributed by atoms with E-state index in [1.165, 1.54) is 0 Å². The first kappa shape index (κ1) is 15.1. The van der Waals surface area contributed by atoms with Gasteiger partial charge in [-0.05, 0) is 48.5 Å². The van der Waals surface area contributed by atoms with Crippen LogP contribution in [0.4, 0.5) is 11.4 Å². The van der Waals surface area contributed by atoms with Gasteiger partial charge in [0.1, 0.15) is 36.9 Å². The van der Waals surface area contributed by atoms with Gasteiger partial charge in [-0.3, -0.25) is 0 Å². The highest BCUT2D eigenvalue weighted by atomic mass is 16.6. The lowest BCUT2D eigenvalue weighted by molar-refractivity contribution is 0.263. The molecule has 4 rings (SSSR count). The van der Waals surface area contributed by atoms with Crippen molar-refractivity contribution in [1.29, 1.82) is 0 Å². The summed E-state index contributed by atoms with van der Waals surface area (Å²) >= 11 is 0. The second-order valence-corrected chi connectivity index (χ2v) is 5.72. The summed E-state index contributed by atoms with van der Waals surface area (Å²) in [5.41, 5.74) is 1.55. The molecule has 2 aromatic carbocycles. The summed E-state index contributed by atoms with van der Waals surface area (Å²) in [6, 6.07) is 15.0. The van der Waals surface area contributed by atoms with Crippen LogP contribution in [0, 0.1) is 0 Å². The number of benzene rings is 2. The lowest BCUT2D eigenvalue weighted by Crippen LogP contribution is -2.03. The van der Waals surface area contributed by atoms with Crippen LogP contribution in [-0.2, 0) is 9.47 Å². The summed E-state index contributed by atoms with van der Waals surface area (Å²) in [5, 5.41) is 8.45. The highest BCUT2D eigenvalue weighted by molar-refractivity contribution is 5.44. The highest BCUT2D eigenvalue weighted by Crippen LogP contribution is 2.24. The van der Waals surface area contributed by atoms with Crippen LogP contribution in [0.1, 0.15) is 0 Å². The van der Waals surface area contributed by atoms with Gasteiger partial charge in [0.05, 0.1) is 24.6 Å². The molecule has 2 atom stereocenters. The maximum atomic E-state index is 5.58. The molecule has 2 aromatic rings. The minimum atomic E-state index is 0.258. The zero-order valence-electron chi connectivity index (χ0n) is 13.1. The maximum absolute atomic E-state index is 5.58. The Morgan fingerprint density at radius 3 is 1.42 bits per heavy atom. The van der Waals surface area contributed by atoms with Crippen LogP contribution < -0.4 is 9.47 Å². The number of hydrogen-bond acceptors (Lipinski definition) is 6. The van der Waals surface area contributed by atoms with Crippen LogP contribution in [0.15, 0.2) is 58.8 Å². The van der Waals surface area contributed by atoms with E-state index >= 15 is 0 Å². The molecule has 2 fully saturated rings. The van der Waals surface area contributed by atoms with Crippen molar-refractivity contribution < 1.29 is 18.9 Å². The molecular formula is C18H18N2O4. The van der Waals surface area contributed by atoms with Gasteiger partial charge in [0, 0.05) is 0 Å². The Morgan fingerprint density at radius 2 is 1.08 bits per heavy atom. The van der Waals surface area contributed by atoms with Crippen molar-refractivity contribution in [3.63, 3.8) is 0 Å². The lowest BCUT2D eigenvalue weighted by Gasteiger charge is -2.04. The van der Waals surface area contributed by atoms with Gasteiger partial charge >= 0.3 is 0 Å². The van der Waals surface area contributed by atoms with Crippen molar-refractivity contribution in [2.45, 2.75) is 12.2 Å². The van der Waals surface area contributed by atoms with Gasteiger partial charge in [-0.1, -0.05) is 0 Å². The summed E-state index contributed by atoms with van der Waals surface area (Å²) in [6.07, 6.45) is 0.515. The molecular weight excluding hydrogens is 308 g/mol. The molecule has 0 amide bonds. The second-order valence-electron chi connectivity index (χ2n) is 5.72. The third kappa shape index (κ3) is 4.53. The van der Waals surface area contributed by atoms with Crippen molar-refractivity contribution in [1.82, 2.24) is 0 Å². The molecule has 0 spiro atoms. The van der Waals surface area contributed by atoms with E-state index in [0.29, 0.717) is 13.2 Å². The zero-order valence-corrected chi connectivity index (χ0v) is 13.1. The van der Waals surface area contributed by atoms with Gasteiger partial charge in [0.2, 0.25) is 0 Å². The van der Waals surface area contributed by atoms with E-state index in [2.05, 4.69) is 10.2 Å². The largest absolute Gasteiger partial charge is 0.491 e. The molecule has 6 nitrogen and oxygen atoms in total. The van der Waals surface area contributed by atoms with E-state index < -0.39 is 0 Å². The molecule has 0 saturated carbocycles. The van der Waals surface area contributed by atoms with E-state index in [1.54, 1.807) is 0 Å². The third-order valence-corrected chi connectivity index (χ3v) is 3.63. The number of hydrogen-bond donors (Lipinski definition) is 0. The average molecular weight is 326 g/mol. The Bertz CT molecular complexity index is 630. The van der Waals surface area contributed by atoms with Crippen molar-refractivity contribution in [3.8, 4) is 11.5 Å². The zero-order chi connectivity index (χ0) is 16.2. The predicted octanol–water partition coefficient (Wildman–Crippen LogP) is 3.66. The molecule has 2 aliphatic rings. The van der Waals surface area contributed by atoms with Gasteiger partial charge < -0.3 is 18.9 Å². The van der Waals surface area contributed by atoms with Crippen molar-refractivity contribution in [2.75, 3.05) is 26.4 Å². The Kier molecular flexibility index (Phi) is 4.40. The molecule has 0 aromatic heterocycles. The van der Waals surface area contributed by atoms with Crippen LogP contribution in [0.5, 0.6) is 11.5 Å². The standard InChI is InChI=1S/C18H18N2O4/c1-5-15(21-9-17-11-23-17)6-2-13(1)19-20-14-3-7-16(8-4-14)22-10-18-12-24-18/h1-8,17-18H,9-12H2/b20-19+. The van der Waals surface area contributed by atoms with Gasteiger partial charge in [-0.25, -0.2) is 0 Å². The molecule has 2 heterocycles. The predicted molar refractivity (Wildman–Crippen MR) is 87.5 cm³/mol. The summed E-state index contributed by atoms with van der Waals surface area (Å²) in [6.45, 7) is 2.79. The number of azo groups is 1. The van der Waals surface area contributed by atoms with Crippen LogP contribution in [0.2, 0.25) is 0 Å². The Labute approximate surface area is 140 Å². The Hall–Kier alpha value is -2.44.